The Bertz CT molecular complexity index is 1550. The van der Waals surface area contributed by atoms with Crippen molar-refractivity contribution in [3.8, 4) is 11.5 Å². The Morgan fingerprint density at radius 2 is 1.50 bits per heavy atom. The van der Waals surface area contributed by atoms with Gasteiger partial charge >= 0.3 is 6.29 Å². The maximum absolute atomic E-state index is 13.6. The average Bonchev–Trinajstić information content (AvgIpc) is 3.23. The maximum atomic E-state index is 13.6. The highest BCUT2D eigenvalue weighted by Gasteiger charge is 2.44. The van der Waals surface area contributed by atoms with E-state index in [9.17, 15) is 18.0 Å². The zero-order valence-electron chi connectivity index (χ0n) is 28.7. The van der Waals surface area contributed by atoms with Crippen molar-refractivity contribution in [2.75, 3.05) is 5.01 Å². The number of halogens is 3. The van der Waals surface area contributed by atoms with Gasteiger partial charge < -0.3 is 14.0 Å². The summed E-state index contributed by atoms with van der Waals surface area (Å²) >= 11 is 0. The minimum atomic E-state index is -3.70. The summed E-state index contributed by atoms with van der Waals surface area (Å²) in [5.74, 6) is 2.42. The first kappa shape index (κ1) is 35.1. The molecule has 0 spiro atoms. The third kappa shape index (κ3) is 8.33. The first-order chi connectivity index (χ1) is 21.1. The molecule has 3 atom stereocenters. The topological polar surface area (TPSA) is 89.7 Å². The zero-order valence-corrected chi connectivity index (χ0v) is 28.7. The number of rotatable bonds is 2. The summed E-state index contributed by atoms with van der Waals surface area (Å²) in [7, 11) is 0. The van der Waals surface area contributed by atoms with Gasteiger partial charge in [0.2, 0.25) is 5.91 Å². The van der Waals surface area contributed by atoms with E-state index in [1.54, 1.807) is 27.0 Å². The molecular weight excluding hydrogens is 597 g/mol. The minimum Gasteiger partial charge on any atom is -0.395 e. The standard InChI is InChI=1S/C13H19N3O.C11H11F3O2.C11H17NO/c1-9-8-11(17)15-16(9)12-10(13(2,3)4)6-5-7-14-12;1-10(2,3)6-4-8-9(5-7(6)12)16-11(13,14)15-8;1-7-5-8(7)9-6-10(13-12-9)11(2,3)4/h5-7,9H,8H2,1-4H3,(H,15,17);4-5H,1-3H3;6-8H,5H2,1-4H3. The number of nitrogens with zero attached hydrogens (tertiary/aromatic N) is 3. The molecule has 1 saturated heterocycles. The number of fused-ring (bicyclic) bond motifs is 1. The van der Waals surface area contributed by atoms with E-state index in [0.717, 1.165) is 34.8 Å². The molecule has 3 aromatic rings. The van der Waals surface area contributed by atoms with Crippen molar-refractivity contribution in [2.45, 2.75) is 124 Å². The van der Waals surface area contributed by atoms with Crippen LogP contribution >= 0.6 is 0 Å². The van der Waals surface area contributed by atoms with Gasteiger partial charge in [0.1, 0.15) is 11.6 Å². The Labute approximate surface area is 270 Å². The maximum Gasteiger partial charge on any atom is 0.586 e. The van der Waals surface area contributed by atoms with Crippen molar-refractivity contribution in [3.63, 3.8) is 0 Å². The van der Waals surface area contributed by atoms with Gasteiger partial charge in [-0.1, -0.05) is 80.5 Å². The van der Waals surface area contributed by atoms with Gasteiger partial charge in [0.25, 0.3) is 0 Å². The van der Waals surface area contributed by atoms with Crippen LogP contribution in [-0.2, 0) is 21.0 Å². The number of nitrogens with one attached hydrogen (secondary N) is 1. The van der Waals surface area contributed by atoms with Gasteiger partial charge in [-0.15, -0.1) is 8.78 Å². The molecular formula is C35H47F3N4O4. The summed E-state index contributed by atoms with van der Waals surface area (Å²) in [4.78, 5) is 15.8. The van der Waals surface area contributed by atoms with Crippen molar-refractivity contribution in [2.24, 2.45) is 5.92 Å². The lowest BCUT2D eigenvalue weighted by Crippen LogP contribution is -2.39. The molecule has 4 heterocycles. The van der Waals surface area contributed by atoms with Crippen LogP contribution in [0.2, 0.25) is 0 Å². The van der Waals surface area contributed by atoms with Crippen LogP contribution in [0, 0.1) is 11.7 Å². The Kier molecular flexibility index (Phi) is 9.50. The monoisotopic (exact) mass is 644 g/mol. The summed E-state index contributed by atoms with van der Waals surface area (Å²) < 4.78 is 52.8. The minimum absolute atomic E-state index is 0.0105. The normalized spacial score (nSPS) is 21.6. The number of anilines is 1. The van der Waals surface area contributed by atoms with E-state index in [1.807, 2.05) is 18.0 Å². The van der Waals surface area contributed by atoms with Crippen LogP contribution in [0.15, 0.2) is 41.1 Å². The summed E-state index contributed by atoms with van der Waals surface area (Å²) in [6.07, 6.45) is -0.136. The second-order valence-corrected chi connectivity index (χ2v) is 15.5. The summed E-state index contributed by atoms with van der Waals surface area (Å²) in [5.41, 5.74) is 5.09. The van der Waals surface area contributed by atoms with E-state index in [1.165, 1.54) is 12.5 Å². The van der Waals surface area contributed by atoms with Gasteiger partial charge in [-0.25, -0.2) is 9.37 Å². The number of ether oxygens (including phenoxy) is 2. The highest BCUT2D eigenvalue weighted by atomic mass is 19.3. The number of carbonyl (C=O) groups is 1. The number of amides is 1. The van der Waals surface area contributed by atoms with Crippen LogP contribution in [0.5, 0.6) is 11.5 Å². The van der Waals surface area contributed by atoms with Crippen molar-refractivity contribution >= 4 is 11.7 Å². The Hall–Kier alpha value is -3.76. The third-order valence-corrected chi connectivity index (χ3v) is 8.05. The van der Waals surface area contributed by atoms with Crippen molar-refractivity contribution in [1.29, 1.82) is 0 Å². The van der Waals surface area contributed by atoms with Crippen molar-refractivity contribution < 1.29 is 32.0 Å². The molecule has 2 aliphatic heterocycles. The Morgan fingerprint density at radius 3 is 1.98 bits per heavy atom. The van der Waals surface area contributed by atoms with Gasteiger partial charge in [0, 0.05) is 35.2 Å². The number of hydrogen-bond acceptors (Lipinski definition) is 7. The predicted octanol–water partition coefficient (Wildman–Crippen LogP) is 8.55. The van der Waals surface area contributed by atoms with Crippen LogP contribution in [-0.4, -0.2) is 28.4 Å². The van der Waals surface area contributed by atoms with E-state index < -0.39 is 17.5 Å². The largest absolute Gasteiger partial charge is 0.586 e. The summed E-state index contributed by atoms with van der Waals surface area (Å²) in [5, 5.41) is 6.00. The van der Waals surface area contributed by atoms with Gasteiger partial charge in [-0.2, -0.15) is 0 Å². The first-order valence-electron chi connectivity index (χ1n) is 15.7. The number of hydrazine groups is 1. The number of alkyl halides is 2. The summed E-state index contributed by atoms with van der Waals surface area (Å²) in [6, 6.07) is 8.46. The number of carbonyl (C=O) groups excluding carboxylic acids is 1. The molecule has 3 unspecified atom stereocenters. The highest BCUT2D eigenvalue weighted by molar-refractivity contribution is 5.82. The van der Waals surface area contributed by atoms with Crippen LogP contribution in [0.4, 0.5) is 19.0 Å². The van der Waals surface area contributed by atoms with E-state index in [0.29, 0.717) is 17.9 Å². The van der Waals surface area contributed by atoms with Crippen molar-refractivity contribution in [3.05, 3.63) is 64.9 Å². The molecule has 2 fully saturated rings. The van der Waals surface area contributed by atoms with Crippen LogP contribution < -0.4 is 19.9 Å². The zero-order chi connectivity index (χ0) is 34.4. The van der Waals surface area contributed by atoms with Crippen molar-refractivity contribution in [1.82, 2.24) is 15.6 Å². The van der Waals surface area contributed by atoms with E-state index in [4.69, 9.17) is 4.52 Å². The molecule has 3 aliphatic rings. The lowest BCUT2D eigenvalue weighted by Gasteiger charge is -2.29. The molecule has 252 valence electrons. The molecule has 46 heavy (non-hydrogen) atoms. The molecule has 1 aliphatic carbocycles. The number of aromatic nitrogens is 2. The van der Waals surface area contributed by atoms with E-state index in [-0.39, 0.29) is 34.3 Å². The first-order valence-corrected chi connectivity index (χ1v) is 15.7. The molecule has 1 N–H and O–H groups in total. The molecule has 0 bridgehead atoms. The SMILES string of the molecule is CC(C)(C)c1cc2c(cc1F)OC(F)(F)O2.CC1CC(=O)NN1c1ncccc1C(C)(C)C.CC1CC1c1cc(C(C)(C)C)on1. The molecule has 0 radical (unpaired) electrons. The van der Waals surface area contributed by atoms with Gasteiger partial charge in [-0.05, 0) is 47.8 Å². The van der Waals surface area contributed by atoms with E-state index >= 15 is 0 Å². The molecule has 1 aromatic carbocycles. The number of hydrogen-bond donors (Lipinski definition) is 1. The second kappa shape index (κ2) is 12.4. The van der Waals surface area contributed by atoms with Crippen LogP contribution in [0.1, 0.15) is 118 Å². The lowest BCUT2D eigenvalue weighted by molar-refractivity contribution is -0.286. The fourth-order valence-corrected chi connectivity index (χ4v) is 5.18. The second-order valence-electron chi connectivity index (χ2n) is 15.5. The number of benzene rings is 1. The lowest BCUT2D eigenvalue weighted by atomic mass is 9.86. The third-order valence-electron chi connectivity index (χ3n) is 8.05. The summed E-state index contributed by atoms with van der Waals surface area (Å²) in [6.45, 7) is 22.5. The molecule has 1 amide bonds. The number of pyridine rings is 1. The smallest absolute Gasteiger partial charge is 0.395 e. The molecule has 6 rings (SSSR count). The fraction of sp³-hybridized carbons (Fsp3) is 0.571. The quantitative estimate of drug-likeness (QED) is 0.299. The molecule has 1 saturated carbocycles. The van der Waals surface area contributed by atoms with Gasteiger partial charge in [-0.3, -0.25) is 15.2 Å². The van der Waals surface area contributed by atoms with Crippen LogP contribution in [0.25, 0.3) is 0 Å². The van der Waals surface area contributed by atoms with E-state index in [2.05, 4.69) is 85.6 Å². The van der Waals surface area contributed by atoms with Gasteiger partial charge in [0.15, 0.2) is 17.3 Å². The predicted molar refractivity (Wildman–Crippen MR) is 171 cm³/mol. The molecule has 2 aromatic heterocycles. The highest BCUT2D eigenvalue weighted by Crippen LogP contribution is 2.47. The van der Waals surface area contributed by atoms with Gasteiger partial charge in [0.05, 0.1) is 18.2 Å². The Balaban J connectivity index is 0.000000158. The van der Waals surface area contributed by atoms with Crippen LogP contribution in [0.3, 0.4) is 0 Å². The Morgan fingerprint density at radius 1 is 0.913 bits per heavy atom. The molecule has 11 heteroatoms. The average molecular weight is 645 g/mol. The fourth-order valence-electron chi connectivity index (χ4n) is 5.18. The molecule has 8 nitrogen and oxygen atoms in total.